The minimum atomic E-state index is -0.649. The summed E-state index contributed by atoms with van der Waals surface area (Å²) in [4.78, 5) is 78.3. The number of hydrogen-bond acceptors (Lipinski definition) is 8. The van der Waals surface area contributed by atoms with E-state index in [9.17, 15) is 9.59 Å². The Labute approximate surface area is 474 Å². The van der Waals surface area contributed by atoms with Gasteiger partial charge in [0.1, 0.15) is 18.0 Å². The van der Waals surface area contributed by atoms with E-state index in [-0.39, 0.29) is 88.0 Å². The summed E-state index contributed by atoms with van der Waals surface area (Å²) in [5, 5.41) is 0.950. The number of nitrogens with zero attached hydrogens (tertiary/aromatic N) is 1. The van der Waals surface area contributed by atoms with Crippen molar-refractivity contribution in [2.45, 2.75) is 274 Å². The number of rotatable bonds is 20. The number of H-pyrrole nitrogens is 1. The van der Waals surface area contributed by atoms with Gasteiger partial charge in [-0.15, -0.1) is 0 Å². The minimum Gasteiger partial charge on any atom is -0.458 e. The maximum absolute atomic E-state index is 15.9. The third-order valence-corrected chi connectivity index (χ3v) is 19.7. The molecule has 1 N–H and O–H groups in total. The van der Waals surface area contributed by atoms with Gasteiger partial charge in [0.2, 0.25) is 0 Å². The number of aromatic amines is 1. The molecule has 2 aliphatic carbocycles. The zero-order valence-electron chi connectivity index (χ0n) is 54.1. The third kappa shape index (κ3) is 14.4. The van der Waals surface area contributed by atoms with Gasteiger partial charge in [-0.1, -0.05) is 166 Å². The van der Waals surface area contributed by atoms with Crippen molar-refractivity contribution in [2.24, 2.45) is 68.0 Å². The standard InChI is InChI=1S/C68H112N2O8/c1-26-67(27-2,28-3)53(72)37-50-57(61(74)77-59-45(63(14,15)16)32-42(11)33-46(59)64(17,18)19)55(40(7)8)49(69-50)36-51-56(41(9)10)58(52(70(51)39-76-44(13)71)38-54(73)68(29-4,30-5)31-6)62(75)78-60-47(65(20,21)22)34-43(12)35-48(60)66(23,24)25/h36-37,40-43,45-48,59-60,69H,26-35,38-39H2,1-25H3/b49-36-,50-37-. The lowest BCUT2D eigenvalue weighted by molar-refractivity contribution is -0.144. The molecule has 4 rings (SSSR count). The highest BCUT2D eigenvalue weighted by Crippen LogP contribution is 2.52. The highest BCUT2D eigenvalue weighted by atomic mass is 16.6. The zero-order chi connectivity index (χ0) is 59.6. The molecule has 0 radical (unpaired) electrons. The average Bonchev–Trinajstić information content (AvgIpc) is 3.83. The van der Waals surface area contributed by atoms with E-state index in [2.05, 4.69) is 102 Å². The van der Waals surface area contributed by atoms with Crippen molar-refractivity contribution in [3.63, 3.8) is 0 Å². The quantitative estimate of drug-likeness (QED) is 0.102. The maximum atomic E-state index is 15.9. The number of carbonyl (C=O) groups is 5. The number of ether oxygens (including phenoxy) is 3. The van der Waals surface area contributed by atoms with E-state index in [1.54, 1.807) is 6.08 Å². The van der Waals surface area contributed by atoms with Gasteiger partial charge in [-0.05, 0) is 127 Å². The van der Waals surface area contributed by atoms with Gasteiger partial charge in [0.05, 0.1) is 22.2 Å². The molecule has 0 bridgehead atoms. The molecule has 2 heterocycles. The van der Waals surface area contributed by atoms with Crippen molar-refractivity contribution < 1.29 is 38.2 Å². The van der Waals surface area contributed by atoms with Gasteiger partial charge in [0.15, 0.2) is 12.5 Å². The third-order valence-electron chi connectivity index (χ3n) is 19.7. The normalized spacial score (nSPS) is 23.5. The van der Waals surface area contributed by atoms with Crippen molar-refractivity contribution >= 4 is 41.6 Å². The Hall–Kier alpha value is -3.95. The van der Waals surface area contributed by atoms with Crippen molar-refractivity contribution in [1.82, 2.24) is 9.55 Å². The lowest BCUT2D eigenvalue weighted by Crippen LogP contribution is -2.49. The molecule has 0 amide bonds. The van der Waals surface area contributed by atoms with Gasteiger partial charge in [-0.2, -0.15) is 0 Å². The average molecular weight is 1090 g/mol. The van der Waals surface area contributed by atoms with E-state index in [1.807, 2.05) is 79.9 Å². The van der Waals surface area contributed by atoms with Crippen LogP contribution in [0.4, 0.5) is 0 Å². The Bertz CT molecular complexity index is 2490. The summed E-state index contributed by atoms with van der Waals surface area (Å²) >= 11 is 0. The van der Waals surface area contributed by atoms with Crippen LogP contribution in [0.25, 0.3) is 12.2 Å². The largest absolute Gasteiger partial charge is 0.458 e. The van der Waals surface area contributed by atoms with Crippen LogP contribution in [0, 0.1) is 68.0 Å². The Morgan fingerprint density at radius 1 is 0.564 bits per heavy atom. The number of Topliss-reactive ketones (excluding diaryl/α,β-unsaturated/α-hetero) is 2. The lowest BCUT2D eigenvalue weighted by atomic mass is 9.59. The molecule has 10 heteroatoms. The van der Waals surface area contributed by atoms with E-state index < -0.39 is 34.8 Å². The Morgan fingerprint density at radius 3 is 1.27 bits per heavy atom. The van der Waals surface area contributed by atoms with E-state index in [4.69, 9.17) is 14.2 Å². The fourth-order valence-electron chi connectivity index (χ4n) is 14.2. The zero-order valence-corrected chi connectivity index (χ0v) is 54.1. The monoisotopic (exact) mass is 1080 g/mol. The second-order valence-electron chi connectivity index (χ2n) is 29.6. The number of esters is 3. The van der Waals surface area contributed by atoms with Crippen LogP contribution >= 0.6 is 0 Å². The first kappa shape index (κ1) is 66.6. The Kier molecular flexibility index (Phi) is 21.7. The molecule has 10 nitrogen and oxygen atoms in total. The van der Waals surface area contributed by atoms with Crippen molar-refractivity contribution in [1.29, 1.82) is 0 Å². The van der Waals surface area contributed by atoms with Crippen LogP contribution < -0.4 is 10.7 Å². The summed E-state index contributed by atoms with van der Waals surface area (Å²) in [7, 11) is 0. The molecule has 4 unspecified atom stereocenters. The molecule has 4 atom stereocenters. The highest BCUT2D eigenvalue weighted by Gasteiger charge is 2.51. The fourth-order valence-corrected chi connectivity index (χ4v) is 14.2. The van der Waals surface area contributed by atoms with Crippen LogP contribution in [0.2, 0.25) is 0 Å². The fraction of sp³-hybridized carbons (Fsp3) is 0.779. The van der Waals surface area contributed by atoms with Crippen molar-refractivity contribution in [3.8, 4) is 0 Å². The molecule has 0 saturated heterocycles. The number of hydrogen-bond donors (Lipinski definition) is 1. The van der Waals surface area contributed by atoms with E-state index in [1.165, 1.54) is 6.92 Å². The van der Waals surface area contributed by atoms with E-state index >= 15 is 14.4 Å². The van der Waals surface area contributed by atoms with Crippen molar-refractivity contribution in [3.05, 3.63) is 44.3 Å². The number of aromatic nitrogens is 2. The summed E-state index contributed by atoms with van der Waals surface area (Å²) in [6, 6.07) is 0. The molecule has 2 aliphatic rings. The van der Waals surface area contributed by atoms with Gasteiger partial charge in [0.25, 0.3) is 0 Å². The summed E-state index contributed by atoms with van der Waals surface area (Å²) < 4.78 is 21.9. The summed E-state index contributed by atoms with van der Waals surface area (Å²) in [5.41, 5.74) is 1.02. The highest BCUT2D eigenvalue weighted by molar-refractivity contribution is 6.10. The topological polar surface area (TPSA) is 134 Å². The minimum absolute atomic E-state index is 0.00719. The van der Waals surface area contributed by atoms with E-state index in [0.29, 0.717) is 94.7 Å². The molecule has 2 saturated carbocycles. The molecule has 78 heavy (non-hydrogen) atoms. The lowest BCUT2D eigenvalue weighted by Gasteiger charge is -2.50. The van der Waals surface area contributed by atoms with Gasteiger partial charge in [-0.25, -0.2) is 9.59 Å². The van der Waals surface area contributed by atoms with E-state index in [0.717, 1.165) is 25.7 Å². The number of ketones is 2. The number of nitrogens with one attached hydrogen (secondary N) is 1. The SMILES string of the molecule is CCC(CC)(CC)C(=O)/C=c1\[nH]/c(=C\c2c(C(C)C)c(C(=O)OC3C(C(C)(C)C)CC(C)CC3C(C)(C)C)c(CC(=O)C(CC)(CC)CC)n2COC(C)=O)c(C(C)C)c1C(=O)OC1C(C(C)(C)C)CC(C)CC1C(C)(C)C. The summed E-state index contributed by atoms with van der Waals surface area (Å²) in [5.74, 6) is -0.898. The van der Waals surface area contributed by atoms with Crippen LogP contribution in [-0.4, -0.2) is 51.2 Å². The predicted molar refractivity (Wildman–Crippen MR) is 320 cm³/mol. The molecule has 442 valence electrons. The Morgan fingerprint density at radius 2 is 0.936 bits per heavy atom. The molecule has 2 aromatic heterocycles. The van der Waals surface area contributed by atoms with Crippen LogP contribution in [0.5, 0.6) is 0 Å². The molecule has 0 spiro atoms. The van der Waals surface area contributed by atoms with Gasteiger partial charge in [0, 0.05) is 65.0 Å². The Balaban J connectivity index is 2.30. The molecule has 2 fully saturated rings. The van der Waals surface area contributed by atoms with Crippen LogP contribution in [0.15, 0.2) is 0 Å². The molecular weight excluding hydrogens is 973 g/mol. The van der Waals surface area contributed by atoms with Crippen LogP contribution in [0.3, 0.4) is 0 Å². The first-order chi connectivity index (χ1) is 35.8. The smallest absolute Gasteiger partial charge is 0.340 e. The molecule has 0 aromatic carbocycles. The first-order valence-corrected chi connectivity index (χ1v) is 30.7. The summed E-state index contributed by atoms with van der Waals surface area (Å²) in [6.45, 7) is 53.1. The first-order valence-electron chi connectivity index (χ1n) is 30.7. The van der Waals surface area contributed by atoms with Crippen LogP contribution in [0.1, 0.15) is 292 Å². The van der Waals surface area contributed by atoms with Gasteiger partial charge in [-0.3, -0.25) is 14.4 Å². The second-order valence-corrected chi connectivity index (χ2v) is 29.6. The molecule has 2 aromatic rings. The molecule has 0 aliphatic heterocycles. The van der Waals surface area contributed by atoms with Gasteiger partial charge < -0.3 is 23.8 Å². The predicted octanol–water partition coefficient (Wildman–Crippen LogP) is 15.9. The number of carbonyl (C=O) groups excluding carboxylic acids is 5. The van der Waals surface area contributed by atoms with Gasteiger partial charge >= 0.3 is 17.9 Å². The maximum Gasteiger partial charge on any atom is 0.340 e. The molecular formula is C68H112N2O8. The summed E-state index contributed by atoms with van der Waals surface area (Å²) in [6.07, 6.45) is 10.2. The van der Waals surface area contributed by atoms with Crippen molar-refractivity contribution in [2.75, 3.05) is 0 Å². The van der Waals surface area contributed by atoms with Crippen LogP contribution in [-0.2, 0) is 41.7 Å². The second kappa shape index (κ2) is 25.5.